The molecule has 1 aliphatic rings. The Morgan fingerprint density at radius 1 is 1.47 bits per heavy atom. The lowest BCUT2D eigenvalue weighted by molar-refractivity contribution is -0.147. The van der Waals surface area contributed by atoms with Crippen LogP contribution >= 0.6 is 0 Å². The average Bonchev–Trinajstić information content (AvgIpc) is 2.27. The number of hydrogen-bond acceptors (Lipinski definition) is 4. The zero-order valence-electron chi connectivity index (χ0n) is 9.93. The topological polar surface area (TPSA) is 50.4 Å². The van der Waals surface area contributed by atoms with Gasteiger partial charge in [-0.2, -0.15) is 0 Å². The molecule has 0 aromatic heterocycles. The van der Waals surface area contributed by atoms with E-state index < -0.39 is 5.54 Å². The molecule has 0 radical (unpaired) electrons. The molecule has 1 heterocycles. The molecule has 1 saturated heterocycles. The van der Waals surface area contributed by atoms with Crippen LogP contribution in [0.25, 0.3) is 0 Å². The van der Waals surface area contributed by atoms with E-state index in [0.29, 0.717) is 5.92 Å². The lowest BCUT2D eigenvalue weighted by atomic mass is 9.96. The molecule has 0 aromatic carbocycles. The molecular formula is C11H22N2O2. The molecule has 1 fully saturated rings. The van der Waals surface area contributed by atoms with Crippen LogP contribution in [0.2, 0.25) is 0 Å². The summed E-state index contributed by atoms with van der Waals surface area (Å²) in [6.45, 7) is 6.79. The molecule has 0 spiro atoms. The predicted molar refractivity (Wildman–Crippen MR) is 59.7 cm³/mol. The third-order valence-electron chi connectivity index (χ3n) is 2.99. The number of nitrogens with one attached hydrogen (secondary N) is 2. The van der Waals surface area contributed by atoms with Crippen molar-refractivity contribution in [2.45, 2.75) is 32.2 Å². The molecular weight excluding hydrogens is 192 g/mol. The van der Waals surface area contributed by atoms with Gasteiger partial charge in [0.25, 0.3) is 0 Å². The van der Waals surface area contributed by atoms with E-state index in [0.717, 1.165) is 19.6 Å². The van der Waals surface area contributed by atoms with Crippen LogP contribution in [0, 0.1) is 5.92 Å². The van der Waals surface area contributed by atoms with E-state index in [9.17, 15) is 4.79 Å². The highest BCUT2D eigenvalue weighted by atomic mass is 16.5. The van der Waals surface area contributed by atoms with Crippen molar-refractivity contribution < 1.29 is 9.53 Å². The summed E-state index contributed by atoms with van der Waals surface area (Å²) in [7, 11) is 1.43. The fourth-order valence-electron chi connectivity index (χ4n) is 1.81. The molecule has 4 nitrogen and oxygen atoms in total. The minimum absolute atomic E-state index is 0.198. The second-order valence-electron chi connectivity index (χ2n) is 4.69. The SMILES string of the molecule is COC(=O)C(C)(C)NCC1CCNCC1. The highest BCUT2D eigenvalue weighted by molar-refractivity contribution is 5.79. The molecule has 4 heteroatoms. The third kappa shape index (κ3) is 3.80. The van der Waals surface area contributed by atoms with Crippen molar-refractivity contribution in [2.24, 2.45) is 5.92 Å². The lowest BCUT2D eigenvalue weighted by Gasteiger charge is -2.28. The van der Waals surface area contributed by atoms with Gasteiger partial charge in [-0.25, -0.2) is 0 Å². The molecule has 0 amide bonds. The Balaban J connectivity index is 2.31. The summed E-state index contributed by atoms with van der Waals surface area (Å²) in [6.07, 6.45) is 2.37. The molecule has 0 bridgehead atoms. The van der Waals surface area contributed by atoms with Crippen LogP contribution in [-0.2, 0) is 9.53 Å². The van der Waals surface area contributed by atoms with E-state index in [-0.39, 0.29) is 5.97 Å². The minimum atomic E-state index is -0.570. The fraction of sp³-hybridized carbons (Fsp3) is 0.909. The van der Waals surface area contributed by atoms with Gasteiger partial charge in [-0.3, -0.25) is 4.79 Å². The number of esters is 1. The van der Waals surface area contributed by atoms with Crippen LogP contribution < -0.4 is 10.6 Å². The van der Waals surface area contributed by atoms with Gasteiger partial charge in [0.1, 0.15) is 5.54 Å². The predicted octanol–water partition coefficient (Wildman–Crippen LogP) is 0.527. The molecule has 88 valence electrons. The highest BCUT2D eigenvalue weighted by Gasteiger charge is 2.28. The molecule has 0 aromatic rings. The zero-order valence-corrected chi connectivity index (χ0v) is 9.93. The smallest absolute Gasteiger partial charge is 0.325 e. The van der Waals surface area contributed by atoms with E-state index >= 15 is 0 Å². The average molecular weight is 214 g/mol. The largest absolute Gasteiger partial charge is 0.468 e. The van der Waals surface area contributed by atoms with E-state index in [4.69, 9.17) is 4.74 Å². The molecule has 2 N–H and O–H groups in total. The fourth-order valence-corrected chi connectivity index (χ4v) is 1.81. The Morgan fingerprint density at radius 2 is 2.07 bits per heavy atom. The molecule has 0 saturated carbocycles. The van der Waals surface area contributed by atoms with Crippen molar-refractivity contribution in [3.8, 4) is 0 Å². The first kappa shape index (κ1) is 12.5. The second-order valence-corrected chi connectivity index (χ2v) is 4.69. The summed E-state index contributed by atoms with van der Waals surface area (Å²) in [5.74, 6) is 0.478. The summed E-state index contributed by atoms with van der Waals surface area (Å²) in [5.41, 5.74) is -0.570. The van der Waals surface area contributed by atoms with Gasteiger partial charge in [0.05, 0.1) is 7.11 Å². The minimum Gasteiger partial charge on any atom is -0.468 e. The summed E-state index contributed by atoms with van der Waals surface area (Å²) in [4.78, 5) is 11.4. The van der Waals surface area contributed by atoms with Gasteiger partial charge in [-0.15, -0.1) is 0 Å². The van der Waals surface area contributed by atoms with Gasteiger partial charge in [0, 0.05) is 0 Å². The van der Waals surface area contributed by atoms with Gasteiger partial charge >= 0.3 is 5.97 Å². The van der Waals surface area contributed by atoms with Crippen molar-refractivity contribution in [2.75, 3.05) is 26.7 Å². The van der Waals surface area contributed by atoms with E-state index in [1.807, 2.05) is 13.8 Å². The second kappa shape index (κ2) is 5.47. The number of piperidine rings is 1. The van der Waals surface area contributed by atoms with Crippen LogP contribution in [-0.4, -0.2) is 38.3 Å². The summed E-state index contributed by atoms with van der Waals surface area (Å²) in [6, 6.07) is 0. The first-order valence-electron chi connectivity index (χ1n) is 5.60. The number of ether oxygens (including phenoxy) is 1. The molecule has 0 aliphatic carbocycles. The van der Waals surface area contributed by atoms with Crippen molar-refractivity contribution in [1.82, 2.24) is 10.6 Å². The van der Waals surface area contributed by atoms with Crippen molar-refractivity contribution in [3.63, 3.8) is 0 Å². The lowest BCUT2D eigenvalue weighted by Crippen LogP contribution is -2.50. The van der Waals surface area contributed by atoms with Crippen LogP contribution in [0.15, 0.2) is 0 Å². The Bertz CT molecular complexity index is 211. The summed E-state index contributed by atoms with van der Waals surface area (Å²) in [5, 5.41) is 6.60. The van der Waals surface area contributed by atoms with Gasteiger partial charge in [0.15, 0.2) is 0 Å². The number of rotatable bonds is 4. The Hall–Kier alpha value is -0.610. The van der Waals surface area contributed by atoms with Crippen LogP contribution in [0.5, 0.6) is 0 Å². The number of hydrogen-bond donors (Lipinski definition) is 2. The maximum atomic E-state index is 11.4. The Morgan fingerprint density at radius 3 is 2.60 bits per heavy atom. The molecule has 0 unspecified atom stereocenters. The highest BCUT2D eigenvalue weighted by Crippen LogP contribution is 2.12. The Kier molecular flexibility index (Phi) is 4.54. The first-order chi connectivity index (χ1) is 7.06. The summed E-state index contributed by atoms with van der Waals surface area (Å²) >= 11 is 0. The van der Waals surface area contributed by atoms with Crippen LogP contribution in [0.3, 0.4) is 0 Å². The normalized spacial score (nSPS) is 18.9. The maximum Gasteiger partial charge on any atom is 0.325 e. The van der Waals surface area contributed by atoms with Gasteiger partial charge < -0.3 is 15.4 Å². The van der Waals surface area contributed by atoms with Crippen molar-refractivity contribution in [1.29, 1.82) is 0 Å². The van der Waals surface area contributed by atoms with Crippen LogP contribution in [0.1, 0.15) is 26.7 Å². The van der Waals surface area contributed by atoms with E-state index in [1.165, 1.54) is 20.0 Å². The van der Waals surface area contributed by atoms with E-state index in [1.54, 1.807) is 0 Å². The quantitative estimate of drug-likeness (QED) is 0.670. The van der Waals surface area contributed by atoms with Gasteiger partial charge in [-0.05, 0) is 52.2 Å². The monoisotopic (exact) mass is 214 g/mol. The maximum absolute atomic E-state index is 11.4. The van der Waals surface area contributed by atoms with Gasteiger partial charge in [0.2, 0.25) is 0 Å². The zero-order chi connectivity index (χ0) is 11.3. The molecule has 15 heavy (non-hydrogen) atoms. The number of carbonyl (C=O) groups excluding carboxylic acids is 1. The van der Waals surface area contributed by atoms with Crippen molar-refractivity contribution >= 4 is 5.97 Å². The summed E-state index contributed by atoms with van der Waals surface area (Å²) < 4.78 is 4.74. The molecule has 1 rings (SSSR count). The van der Waals surface area contributed by atoms with Crippen molar-refractivity contribution in [3.05, 3.63) is 0 Å². The molecule has 1 aliphatic heterocycles. The Labute approximate surface area is 91.8 Å². The van der Waals surface area contributed by atoms with Crippen LogP contribution in [0.4, 0.5) is 0 Å². The third-order valence-corrected chi connectivity index (χ3v) is 2.99. The molecule has 0 atom stereocenters. The number of methoxy groups -OCH3 is 1. The standard InChI is InChI=1S/C11H22N2O2/c1-11(2,10(14)15-3)13-8-9-4-6-12-7-5-9/h9,12-13H,4-8H2,1-3H3. The number of carbonyl (C=O) groups is 1. The first-order valence-corrected chi connectivity index (χ1v) is 5.60. The van der Waals surface area contributed by atoms with E-state index in [2.05, 4.69) is 10.6 Å². The van der Waals surface area contributed by atoms with Gasteiger partial charge in [-0.1, -0.05) is 0 Å².